The van der Waals surface area contributed by atoms with Crippen LogP contribution in [0, 0.1) is 0 Å². The summed E-state index contributed by atoms with van der Waals surface area (Å²) < 4.78 is 7.21. The number of carbonyl (C=O) groups is 2. The molecular weight excluding hydrogens is 470 g/mol. The Morgan fingerprint density at radius 2 is 2.10 bits per heavy atom. The quantitative estimate of drug-likeness (QED) is 0.510. The number of rotatable bonds is 6. The maximum atomic E-state index is 12.3. The third kappa shape index (κ3) is 3.84. The van der Waals surface area contributed by atoms with Gasteiger partial charge < -0.3 is 15.4 Å². The first-order valence-electron chi connectivity index (χ1n) is 9.27. The van der Waals surface area contributed by atoms with Crippen molar-refractivity contribution in [3.05, 3.63) is 34.9 Å². The second-order valence-electron chi connectivity index (χ2n) is 7.34. The molecule has 1 aliphatic rings. The molecule has 0 spiro atoms. The van der Waals surface area contributed by atoms with E-state index in [1.165, 1.54) is 4.90 Å². The van der Waals surface area contributed by atoms with E-state index in [4.69, 9.17) is 4.74 Å². The predicted octanol–water partition coefficient (Wildman–Crippen LogP) is 3.87. The minimum absolute atomic E-state index is 0.228. The molecule has 1 fully saturated rings. The van der Waals surface area contributed by atoms with Gasteiger partial charge in [-0.05, 0) is 59.4 Å². The molecule has 30 heavy (non-hydrogen) atoms. The minimum Gasteiger partial charge on any atom is -0.497 e. The van der Waals surface area contributed by atoms with E-state index < -0.39 is 5.54 Å². The van der Waals surface area contributed by atoms with Gasteiger partial charge in [0.05, 0.1) is 16.5 Å². The normalized spacial score (nSPS) is 15.5. The highest BCUT2D eigenvalue weighted by Crippen LogP contribution is 2.37. The lowest BCUT2D eigenvalue weighted by Gasteiger charge is -2.16. The zero-order valence-corrected chi connectivity index (χ0v) is 19.1. The number of aromatic nitrogens is 2. The lowest BCUT2D eigenvalue weighted by Crippen LogP contribution is -2.40. The summed E-state index contributed by atoms with van der Waals surface area (Å²) in [5.41, 5.74) is -0.105. The molecule has 4 rings (SSSR count). The molecule has 0 aliphatic carbocycles. The van der Waals surface area contributed by atoms with Gasteiger partial charge in [-0.3, -0.25) is 9.69 Å². The fourth-order valence-corrected chi connectivity index (χ4v) is 4.77. The van der Waals surface area contributed by atoms with Gasteiger partial charge in [-0.1, -0.05) is 0 Å². The van der Waals surface area contributed by atoms with Gasteiger partial charge in [0.25, 0.3) is 5.91 Å². The van der Waals surface area contributed by atoms with Crippen molar-refractivity contribution >= 4 is 55.2 Å². The standard InChI is InChI=1S/C20H20BrN5O3S/c1-20(2)17(27)26(19(28)25-20)7-6-22-18-23-10-13(21)16(24-18)15-9-11-8-12(29-3)4-5-14(11)30-15/h4-5,8-10H,6-7H2,1-3H3,(H,25,28)(H,22,23,24). The van der Waals surface area contributed by atoms with Crippen molar-refractivity contribution in [1.82, 2.24) is 20.2 Å². The van der Waals surface area contributed by atoms with Crippen molar-refractivity contribution in [1.29, 1.82) is 0 Å². The molecule has 10 heteroatoms. The number of urea groups is 1. The molecule has 0 atom stereocenters. The fourth-order valence-electron chi connectivity index (χ4n) is 3.19. The number of imide groups is 1. The Bertz CT molecular complexity index is 1150. The first kappa shape index (κ1) is 20.5. The zero-order chi connectivity index (χ0) is 21.5. The van der Waals surface area contributed by atoms with E-state index in [0.717, 1.165) is 30.9 Å². The van der Waals surface area contributed by atoms with Crippen LogP contribution in [0.25, 0.3) is 20.7 Å². The largest absolute Gasteiger partial charge is 0.497 e. The minimum atomic E-state index is -0.873. The monoisotopic (exact) mass is 489 g/mol. The third-order valence-corrected chi connectivity index (χ3v) is 6.47. The summed E-state index contributed by atoms with van der Waals surface area (Å²) in [6, 6.07) is 7.63. The molecule has 0 saturated carbocycles. The number of nitrogens with zero attached hydrogens (tertiary/aromatic N) is 3. The van der Waals surface area contributed by atoms with Crippen LogP contribution in [-0.2, 0) is 4.79 Å². The van der Waals surface area contributed by atoms with Gasteiger partial charge in [-0.2, -0.15) is 0 Å². The first-order valence-corrected chi connectivity index (χ1v) is 10.9. The lowest BCUT2D eigenvalue weighted by atomic mass is 10.1. The van der Waals surface area contributed by atoms with Gasteiger partial charge in [0.2, 0.25) is 5.95 Å². The van der Waals surface area contributed by atoms with Crippen LogP contribution in [0.1, 0.15) is 13.8 Å². The van der Waals surface area contributed by atoms with Gasteiger partial charge in [0.15, 0.2) is 0 Å². The molecular formula is C20H20BrN5O3S. The second kappa shape index (κ2) is 7.84. The van der Waals surface area contributed by atoms with Gasteiger partial charge in [0.1, 0.15) is 17.0 Å². The Balaban J connectivity index is 1.50. The van der Waals surface area contributed by atoms with Crippen LogP contribution in [0.15, 0.2) is 34.9 Å². The van der Waals surface area contributed by atoms with Gasteiger partial charge >= 0.3 is 6.03 Å². The zero-order valence-electron chi connectivity index (χ0n) is 16.7. The Kier molecular flexibility index (Phi) is 5.37. The second-order valence-corrected chi connectivity index (χ2v) is 9.28. The van der Waals surface area contributed by atoms with Crippen molar-refractivity contribution in [2.24, 2.45) is 0 Å². The number of methoxy groups -OCH3 is 1. The van der Waals surface area contributed by atoms with E-state index in [2.05, 4.69) is 42.6 Å². The van der Waals surface area contributed by atoms with Crippen LogP contribution in [-0.4, -0.2) is 52.5 Å². The Morgan fingerprint density at radius 3 is 2.80 bits per heavy atom. The maximum Gasteiger partial charge on any atom is 0.325 e. The predicted molar refractivity (Wildman–Crippen MR) is 120 cm³/mol. The molecule has 1 saturated heterocycles. The molecule has 3 amide bonds. The summed E-state index contributed by atoms with van der Waals surface area (Å²) in [5.74, 6) is 0.988. The van der Waals surface area contributed by atoms with E-state index in [-0.39, 0.29) is 18.5 Å². The molecule has 3 heterocycles. The van der Waals surface area contributed by atoms with Crippen LogP contribution >= 0.6 is 27.3 Å². The van der Waals surface area contributed by atoms with Crippen molar-refractivity contribution in [2.75, 3.05) is 25.5 Å². The summed E-state index contributed by atoms with van der Waals surface area (Å²) in [6.07, 6.45) is 1.69. The average Bonchev–Trinajstić information content (AvgIpc) is 3.21. The number of hydrogen-bond donors (Lipinski definition) is 2. The number of hydrogen-bond acceptors (Lipinski definition) is 7. The number of halogens is 1. The van der Waals surface area contributed by atoms with Crippen molar-refractivity contribution in [3.63, 3.8) is 0 Å². The summed E-state index contributed by atoms with van der Waals surface area (Å²) >= 11 is 5.15. The number of fused-ring (bicyclic) bond motifs is 1. The molecule has 0 radical (unpaired) electrons. The van der Waals surface area contributed by atoms with E-state index in [1.807, 2.05) is 18.2 Å². The van der Waals surface area contributed by atoms with Crippen molar-refractivity contribution in [2.45, 2.75) is 19.4 Å². The van der Waals surface area contributed by atoms with Crippen LogP contribution in [0.3, 0.4) is 0 Å². The molecule has 3 aromatic rings. The van der Waals surface area contributed by atoms with Gasteiger partial charge in [-0.15, -0.1) is 11.3 Å². The van der Waals surface area contributed by atoms with Crippen LogP contribution in [0.5, 0.6) is 5.75 Å². The Labute approximate surface area is 185 Å². The van der Waals surface area contributed by atoms with E-state index >= 15 is 0 Å². The van der Waals surface area contributed by atoms with E-state index in [9.17, 15) is 9.59 Å². The van der Waals surface area contributed by atoms with Crippen molar-refractivity contribution < 1.29 is 14.3 Å². The van der Waals surface area contributed by atoms with E-state index in [1.54, 1.807) is 38.5 Å². The molecule has 1 aliphatic heterocycles. The fraction of sp³-hybridized carbons (Fsp3) is 0.300. The summed E-state index contributed by atoms with van der Waals surface area (Å²) in [6.45, 7) is 3.95. The highest BCUT2D eigenvalue weighted by molar-refractivity contribution is 9.10. The molecule has 2 N–H and O–H groups in total. The van der Waals surface area contributed by atoms with E-state index in [0.29, 0.717) is 12.5 Å². The number of ether oxygens (including phenoxy) is 1. The number of benzene rings is 1. The smallest absolute Gasteiger partial charge is 0.325 e. The topological polar surface area (TPSA) is 96.5 Å². The molecule has 2 aromatic heterocycles. The highest BCUT2D eigenvalue weighted by Gasteiger charge is 2.43. The first-order chi connectivity index (χ1) is 14.3. The third-order valence-electron chi connectivity index (χ3n) is 4.76. The Hall–Kier alpha value is -2.72. The Morgan fingerprint density at radius 1 is 1.30 bits per heavy atom. The molecule has 1 aromatic carbocycles. The van der Waals surface area contributed by atoms with Crippen LogP contribution in [0.2, 0.25) is 0 Å². The van der Waals surface area contributed by atoms with Crippen molar-refractivity contribution in [3.8, 4) is 16.3 Å². The highest BCUT2D eigenvalue weighted by atomic mass is 79.9. The van der Waals surface area contributed by atoms with Gasteiger partial charge in [0, 0.05) is 24.0 Å². The number of nitrogens with one attached hydrogen (secondary N) is 2. The maximum absolute atomic E-state index is 12.3. The SMILES string of the molecule is COc1ccc2sc(-c3nc(NCCN4C(=O)NC(C)(C)C4=O)ncc3Br)cc2c1. The molecule has 156 valence electrons. The number of thiophene rings is 1. The van der Waals surface area contributed by atoms with Gasteiger partial charge in [-0.25, -0.2) is 14.8 Å². The lowest BCUT2D eigenvalue weighted by molar-refractivity contribution is -0.130. The number of amides is 3. The summed E-state index contributed by atoms with van der Waals surface area (Å²) in [5, 5.41) is 6.84. The molecule has 0 bridgehead atoms. The van der Waals surface area contributed by atoms with Crippen LogP contribution < -0.4 is 15.4 Å². The van der Waals surface area contributed by atoms with Crippen LogP contribution in [0.4, 0.5) is 10.7 Å². The average molecular weight is 490 g/mol. The summed E-state index contributed by atoms with van der Waals surface area (Å²) in [7, 11) is 1.65. The molecule has 8 nitrogen and oxygen atoms in total. The molecule has 0 unspecified atom stereocenters. The number of carbonyl (C=O) groups excluding carboxylic acids is 2. The summed E-state index contributed by atoms with van der Waals surface area (Å²) in [4.78, 5) is 35.3. The number of anilines is 1.